The Kier molecular flexibility index (Phi) is 2.53. The summed E-state index contributed by atoms with van der Waals surface area (Å²) < 4.78 is 0. The minimum atomic E-state index is 0.555. The first-order valence-corrected chi connectivity index (χ1v) is 7.36. The zero-order valence-electron chi connectivity index (χ0n) is 11.6. The summed E-state index contributed by atoms with van der Waals surface area (Å²) in [5, 5.41) is 2.62. The van der Waals surface area contributed by atoms with Gasteiger partial charge in [0.05, 0.1) is 0 Å². The van der Waals surface area contributed by atoms with Crippen molar-refractivity contribution in [3.8, 4) is 0 Å². The van der Waals surface area contributed by atoms with Crippen LogP contribution in [0.25, 0.3) is 16.3 Å². The van der Waals surface area contributed by atoms with Crippen LogP contribution < -0.4 is 0 Å². The molecule has 1 atom stereocenters. The molecule has 0 saturated heterocycles. The van der Waals surface area contributed by atoms with E-state index in [0.717, 1.165) is 37.5 Å². The number of carbonyl (C=O) groups excluding carboxylic acids is 1. The molecular weight excluding hydrogens is 246 g/mol. The number of allylic oxidation sites excluding steroid dienone is 2. The Morgan fingerprint density at radius 2 is 2.15 bits per heavy atom. The Labute approximate surface area is 118 Å². The highest BCUT2D eigenvalue weighted by molar-refractivity contribution is 5.96. The zero-order chi connectivity index (χ0) is 13.7. The highest BCUT2D eigenvalue weighted by atomic mass is 16.1. The minimum absolute atomic E-state index is 0.555. The largest absolute Gasteiger partial charge is 0.298 e. The van der Waals surface area contributed by atoms with Crippen LogP contribution in [0, 0.1) is 0 Å². The maximum Gasteiger partial charge on any atom is 0.146 e. The molecule has 1 aromatic carbocycles. The van der Waals surface area contributed by atoms with Crippen molar-refractivity contribution in [3.05, 3.63) is 46.8 Å². The van der Waals surface area contributed by atoms with Crippen LogP contribution in [0.4, 0.5) is 0 Å². The van der Waals surface area contributed by atoms with Gasteiger partial charge in [0, 0.05) is 17.8 Å². The van der Waals surface area contributed by atoms with Gasteiger partial charge in [0.25, 0.3) is 0 Å². The van der Waals surface area contributed by atoms with E-state index in [1.54, 1.807) is 0 Å². The van der Waals surface area contributed by atoms with Crippen LogP contribution in [0.3, 0.4) is 0 Å². The fourth-order valence-electron chi connectivity index (χ4n) is 3.82. The van der Waals surface area contributed by atoms with E-state index in [1.807, 2.05) is 12.4 Å². The topological polar surface area (TPSA) is 30.0 Å². The summed E-state index contributed by atoms with van der Waals surface area (Å²) in [4.78, 5) is 15.6. The number of aromatic nitrogens is 1. The number of aldehydes is 1. The van der Waals surface area contributed by atoms with Crippen molar-refractivity contribution in [2.24, 2.45) is 0 Å². The van der Waals surface area contributed by atoms with Crippen molar-refractivity contribution < 1.29 is 4.79 Å². The van der Waals surface area contributed by atoms with Gasteiger partial charge in [0.2, 0.25) is 0 Å². The molecule has 1 unspecified atom stereocenters. The Balaban J connectivity index is 1.97. The summed E-state index contributed by atoms with van der Waals surface area (Å²) in [6, 6.07) is 4.52. The van der Waals surface area contributed by atoms with Crippen LogP contribution in [0.5, 0.6) is 0 Å². The predicted molar refractivity (Wildman–Crippen MR) is 80.7 cm³/mol. The zero-order valence-corrected chi connectivity index (χ0v) is 11.6. The lowest BCUT2D eigenvalue weighted by Crippen LogP contribution is -1.90. The van der Waals surface area contributed by atoms with Crippen molar-refractivity contribution in [2.45, 2.75) is 38.5 Å². The minimum Gasteiger partial charge on any atom is -0.298 e. The SMILES string of the molecule is CC1Cc2cc(C3=C(C=O)CCC3)cc3cncc1c23. The van der Waals surface area contributed by atoms with Crippen LogP contribution in [0.2, 0.25) is 0 Å². The number of rotatable bonds is 2. The van der Waals surface area contributed by atoms with Gasteiger partial charge in [-0.15, -0.1) is 0 Å². The van der Waals surface area contributed by atoms with Crippen LogP contribution in [-0.4, -0.2) is 11.3 Å². The molecule has 2 heteroatoms. The molecule has 4 rings (SSSR count). The molecule has 0 fully saturated rings. The Bertz CT molecular complexity index is 757. The summed E-state index contributed by atoms with van der Waals surface area (Å²) in [6.07, 6.45) is 9.17. The molecule has 1 heterocycles. The molecular formula is C18H17NO. The first kappa shape index (κ1) is 11.8. The number of benzene rings is 1. The van der Waals surface area contributed by atoms with Crippen LogP contribution >= 0.6 is 0 Å². The second-order valence-corrected chi connectivity index (χ2v) is 6.04. The second kappa shape index (κ2) is 4.27. The molecule has 2 aromatic rings. The van der Waals surface area contributed by atoms with E-state index in [2.05, 4.69) is 24.0 Å². The number of carbonyl (C=O) groups is 1. The summed E-state index contributed by atoms with van der Waals surface area (Å²) in [5.41, 5.74) is 6.28. The van der Waals surface area contributed by atoms with Gasteiger partial charge in [-0.25, -0.2) is 0 Å². The molecule has 0 bridgehead atoms. The average molecular weight is 263 g/mol. The van der Waals surface area contributed by atoms with Gasteiger partial charge in [-0.3, -0.25) is 9.78 Å². The van der Waals surface area contributed by atoms with Crippen LogP contribution in [0.15, 0.2) is 30.1 Å². The van der Waals surface area contributed by atoms with E-state index in [9.17, 15) is 4.79 Å². The molecule has 2 aliphatic carbocycles. The van der Waals surface area contributed by atoms with Crippen LogP contribution in [-0.2, 0) is 11.2 Å². The maximum absolute atomic E-state index is 11.2. The number of hydrogen-bond donors (Lipinski definition) is 0. The third kappa shape index (κ3) is 1.57. The first-order chi connectivity index (χ1) is 9.78. The van der Waals surface area contributed by atoms with Crippen molar-refractivity contribution in [1.82, 2.24) is 4.98 Å². The number of nitrogens with zero attached hydrogens (tertiary/aromatic N) is 1. The number of hydrogen-bond acceptors (Lipinski definition) is 2. The highest BCUT2D eigenvalue weighted by Crippen LogP contribution is 2.41. The van der Waals surface area contributed by atoms with Gasteiger partial charge in [-0.05, 0) is 70.9 Å². The molecule has 0 N–H and O–H groups in total. The third-order valence-corrected chi connectivity index (χ3v) is 4.77. The Morgan fingerprint density at radius 1 is 1.25 bits per heavy atom. The maximum atomic E-state index is 11.2. The molecule has 0 radical (unpaired) electrons. The van der Waals surface area contributed by atoms with Crippen molar-refractivity contribution >= 4 is 22.6 Å². The molecule has 20 heavy (non-hydrogen) atoms. The fourth-order valence-corrected chi connectivity index (χ4v) is 3.82. The summed E-state index contributed by atoms with van der Waals surface area (Å²) in [6.45, 7) is 2.27. The molecule has 0 spiro atoms. The predicted octanol–water partition coefficient (Wildman–Crippen LogP) is 4.03. The summed E-state index contributed by atoms with van der Waals surface area (Å²) in [7, 11) is 0. The molecule has 2 nitrogen and oxygen atoms in total. The fraction of sp³-hybridized carbons (Fsp3) is 0.333. The van der Waals surface area contributed by atoms with Gasteiger partial charge >= 0.3 is 0 Å². The van der Waals surface area contributed by atoms with Gasteiger partial charge in [-0.2, -0.15) is 0 Å². The lowest BCUT2D eigenvalue weighted by molar-refractivity contribution is -0.104. The van der Waals surface area contributed by atoms with Crippen LogP contribution in [0.1, 0.15) is 48.8 Å². The Hall–Kier alpha value is -1.96. The number of pyridine rings is 1. The normalized spacial score (nSPS) is 20.9. The molecule has 100 valence electrons. The van der Waals surface area contributed by atoms with Gasteiger partial charge in [0.1, 0.15) is 6.29 Å². The van der Waals surface area contributed by atoms with Crippen molar-refractivity contribution in [2.75, 3.05) is 0 Å². The third-order valence-electron chi connectivity index (χ3n) is 4.77. The van der Waals surface area contributed by atoms with Gasteiger partial charge in [0.15, 0.2) is 0 Å². The lowest BCUT2D eigenvalue weighted by atomic mass is 9.96. The van der Waals surface area contributed by atoms with E-state index < -0.39 is 0 Å². The highest BCUT2D eigenvalue weighted by Gasteiger charge is 2.23. The van der Waals surface area contributed by atoms with E-state index in [1.165, 1.54) is 33.0 Å². The van der Waals surface area contributed by atoms with E-state index in [-0.39, 0.29) is 0 Å². The van der Waals surface area contributed by atoms with E-state index in [4.69, 9.17) is 0 Å². The van der Waals surface area contributed by atoms with E-state index >= 15 is 0 Å². The molecule has 1 aromatic heterocycles. The van der Waals surface area contributed by atoms with Crippen molar-refractivity contribution in [3.63, 3.8) is 0 Å². The summed E-state index contributed by atoms with van der Waals surface area (Å²) in [5.74, 6) is 0.555. The Morgan fingerprint density at radius 3 is 3.00 bits per heavy atom. The van der Waals surface area contributed by atoms with Crippen molar-refractivity contribution in [1.29, 1.82) is 0 Å². The standard InChI is InChI=1S/C18H17NO/c1-11-5-14-6-13(16-4-2-3-12(16)10-20)7-15-8-19-9-17(11)18(14)15/h6-11H,2-5H2,1H3. The van der Waals surface area contributed by atoms with E-state index in [0.29, 0.717) is 5.92 Å². The second-order valence-electron chi connectivity index (χ2n) is 6.04. The monoisotopic (exact) mass is 263 g/mol. The lowest BCUT2D eigenvalue weighted by Gasteiger charge is -2.08. The van der Waals surface area contributed by atoms with Gasteiger partial charge in [-0.1, -0.05) is 13.0 Å². The smallest absolute Gasteiger partial charge is 0.146 e. The average Bonchev–Trinajstić information content (AvgIpc) is 3.05. The quantitative estimate of drug-likeness (QED) is 0.766. The molecule has 2 aliphatic rings. The summed E-state index contributed by atoms with van der Waals surface area (Å²) >= 11 is 0. The molecule has 0 aliphatic heterocycles. The van der Waals surface area contributed by atoms with Gasteiger partial charge < -0.3 is 0 Å². The molecule has 0 saturated carbocycles. The molecule has 0 amide bonds. The first-order valence-electron chi connectivity index (χ1n) is 7.36.